The van der Waals surface area contributed by atoms with E-state index in [1.54, 1.807) is 12.1 Å². The van der Waals surface area contributed by atoms with Crippen LogP contribution in [0.2, 0.25) is 0 Å². The Morgan fingerprint density at radius 3 is 2.57 bits per heavy atom. The highest BCUT2D eigenvalue weighted by molar-refractivity contribution is 6.04. The van der Waals surface area contributed by atoms with Gasteiger partial charge >= 0.3 is 0 Å². The summed E-state index contributed by atoms with van der Waals surface area (Å²) < 4.78 is 27.7. The van der Waals surface area contributed by atoms with Gasteiger partial charge in [-0.25, -0.2) is 18.4 Å². The van der Waals surface area contributed by atoms with E-state index in [1.165, 1.54) is 22.9 Å². The molecule has 0 saturated carbocycles. The lowest BCUT2D eigenvalue weighted by Gasteiger charge is -2.03. The summed E-state index contributed by atoms with van der Waals surface area (Å²) >= 11 is 0. The first-order valence-corrected chi connectivity index (χ1v) is 6.15. The highest BCUT2D eigenvalue weighted by Crippen LogP contribution is 2.18. The number of amidine groups is 1. The zero-order valence-electron chi connectivity index (χ0n) is 10.8. The molecule has 0 aliphatic heterocycles. The largest absolute Gasteiger partial charge is 0.382 e. The summed E-state index contributed by atoms with van der Waals surface area (Å²) in [5.74, 6) is -1.11. The van der Waals surface area contributed by atoms with Gasteiger partial charge in [0.05, 0.1) is 18.1 Å². The van der Waals surface area contributed by atoms with Crippen LogP contribution < -0.4 is 5.73 Å². The fraction of sp³-hybridized carbons (Fsp3) is 0.0714. The van der Waals surface area contributed by atoms with E-state index in [1.807, 2.05) is 0 Å². The van der Waals surface area contributed by atoms with Crippen LogP contribution in [0, 0.1) is 17.0 Å². The van der Waals surface area contributed by atoms with E-state index in [9.17, 15) is 8.78 Å². The molecule has 0 amide bonds. The van der Waals surface area contributed by atoms with Crippen LogP contribution >= 0.6 is 0 Å². The second kappa shape index (κ2) is 4.93. The number of nitrogens with two attached hydrogens (primary N) is 1. The molecule has 0 aliphatic rings. The van der Waals surface area contributed by atoms with E-state index in [0.29, 0.717) is 17.6 Å². The van der Waals surface area contributed by atoms with Gasteiger partial charge in [-0.05, 0) is 23.8 Å². The zero-order chi connectivity index (χ0) is 15.0. The Kier molecular flexibility index (Phi) is 3.09. The van der Waals surface area contributed by atoms with Crippen LogP contribution in [-0.4, -0.2) is 20.6 Å². The second-order valence-corrected chi connectivity index (χ2v) is 4.57. The van der Waals surface area contributed by atoms with Gasteiger partial charge in [0, 0.05) is 0 Å². The molecule has 7 heteroatoms. The number of halogens is 2. The predicted octanol–water partition coefficient (Wildman–Crippen LogP) is 2.04. The van der Waals surface area contributed by atoms with E-state index in [4.69, 9.17) is 11.1 Å². The lowest BCUT2D eigenvalue weighted by atomic mass is 10.2. The lowest BCUT2D eigenvalue weighted by Crippen LogP contribution is -2.13. The average molecular weight is 287 g/mol. The van der Waals surface area contributed by atoms with Crippen molar-refractivity contribution in [3.63, 3.8) is 0 Å². The smallest absolute Gasteiger partial charge is 0.159 e. The molecule has 0 spiro atoms. The molecule has 0 unspecified atom stereocenters. The molecule has 2 heterocycles. The van der Waals surface area contributed by atoms with Crippen LogP contribution in [0.4, 0.5) is 8.78 Å². The van der Waals surface area contributed by atoms with E-state index in [0.717, 1.165) is 11.8 Å². The first-order valence-electron chi connectivity index (χ1n) is 6.15. The molecule has 2 aromatic heterocycles. The number of hydrogen-bond donors (Lipinski definition) is 2. The molecule has 0 radical (unpaired) electrons. The maximum atomic E-state index is 13.3. The Bertz CT molecular complexity index is 823. The number of aromatic nitrogens is 3. The monoisotopic (exact) mass is 287 g/mol. The molecule has 3 rings (SSSR count). The first-order chi connectivity index (χ1) is 10.0. The van der Waals surface area contributed by atoms with Gasteiger partial charge in [0.25, 0.3) is 0 Å². The van der Waals surface area contributed by atoms with Crippen molar-refractivity contribution in [2.24, 2.45) is 5.73 Å². The summed E-state index contributed by atoms with van der Waals surface area (Å²) in [6.07, 6.45) is 1.08. The number of pyridine rings is 1. The van der Waals surface area contributed by atoms with Gasteiger partial charge in [-0.2, -0.15) is 5.10 Å². The number of nitrogens with one attached hydrogen (secondary N) is 1. The fourth-order valence-corrected chi connectivity index (χ4v) is 2.11. The molecular weight excluding hydrogens is 276 g/mol. The van der Waals surface area contributed by atoms with E-state index < -0.39 is 5.82 Å². The van der Waals surface area contributed by atoms with Crippen molar-refractivity contribution in [2.75, 3.05) is 0 Å². The minimum absolute atomic E-state index is 0.180. The Morgan fingerprint density at radius 2 is 1.90 bits per heavy atom. The fourth-order valence-electron chi connectivity index (χ4n) is 2.11. The maximum Gasteiger partial charge on any atom is 0.159 e. The zero-order valence-corrected chi connectivity index (χ0v) is 10.8. The molecule has 1 aromatic carbocycles. The van der Waals surface area contributed by atoms with Gasteiger partial charge in [-0.15, -0.1) is 0 Å². The highest BCUT2D eigenvalue weighted by Gasteiger charge is 2.15. The summed E-state index contributed by atoms with van der Waals surface area (Å²) in [4.78, 5) is 4.00. The van der Waals surface area contributed by atoms with Crippen molar-refractivity contribution < 1.29 is 8.78 Å². The van der Waals surface area contributed by atoms with Crippen LogP contribution in [0.25, 0.3) is 11.0 Å². The summed E-state index contributed by atoms with van der Waals surface area (Å²) in [6.45, 7) is 0.322. The average Bonchev–Trinajstić information content (AvgIpc) is 2.79. The highest BCUT2D eigenvalue weighted by atomic mass is 19.1. The number of rotatable bonds is 3. The van der Waals surface area contributed by atoms with Gasteiger partial charge in [-0.3, -0.25) is 5.41 Å². The van der Waals surface area contributed by atoms with E-state index in [-0.39, 0.29) is 17.3 Å². The van der Waals surface area contributed by atoms with Gasteiger partial charge in [0.1, 0.15) is 23.2 Å². The first kappa shape index (κ1) is 13.2. The summed E-state index contributed by atoms with van der Waals surface area (Å²) in [5, 5.41) is 12.1. The van der Waals surface area contributed by atoms with Crippen molar-refractivity contribution in [1.82, 2.24) is 14.8 Å². The Hall–Kier alpha value is -2.83. The molecule has 0 aliphatic carbocycles. The van der Waals surface area contributed by atoms with Crippen LogP contribution in [0.3, 0.4) is 0 Å². The molecule has 3 N–H and O–H groups in total. The molecule has 3 aromatic rings. The van der Waals surface area contributed by atoms with Crippen LogP contribution in [-0.2, 0) is 6.54 Å². The molecule has 0 bridgehead atoms. The lowest BCUT2D eigenvalue weighted by molar-refractivity contribution is 0.621. The summed E-state index contributed by atoms with van der Waals surface area (Å²) in [5.41, 5.74) is 6.87. The van der Waals surface area contributed by atoms with Gasteiger partial charge in [-0.1, -0.05) is 12.1 Å². The third-order valence-corrected chi connectivity index (χ3v) is 3.05. The van der Waals surface area contributed by atoms with Crippen molar-refractivity contribution >= 4 is 16.9 Å². The van der Waals surface area contributed by atoms with Crippen molar-refractivity contribution in [3.05, 3.63) is 59.4 Å². The topological polar surface area (TPSA) is 80.6 Å². The van der Waals surface area contributed by atoms with Gasteiger partial charge in [0.2, 0.25) is 0 Å². The maximum absolute atomic E-state index is 13.3. The second-order valence-electron chi connectivity index (χ2n) is 4.57. The van der Waals surface area contributed by atoms with E-state index >= 15 is 0 Å². The molecule has 106 valence electrons. The van der Waals surface area contributed by atoms with E-state index in [2.05, 4.69) is 10.1 Å². The molecule has 0 saturated heterocycles. The van der Waals surface area contributed by atoms with Crippen molar-refractivity contribution in [3.8, 4) is 0 Å². The quantitative estimate of drug-likeness (QED) is 0.571. The summed E-state index contributed by atoms with van der Waals surface area (Å²) in [6, 6.07) is 7.19. The number of hydrogen-bond acceptors (Lipinski definition) is 3. The number of fused-ring (bicyclic) bond motifs is 1. The number of benzene rings is 1. The normalized spacial score (nSPS) is 11.0. The Morgan fingerprint density at radius 1 is 1.19 bits per heavy atom. The Labute approximate surface area is 118 Å². The number of nitrogen functional groups attached to an aromatic ring is 1. The van der Waals surface area contributed by atoms with Crippen molar-refractivity contribution in [1.29, 1.82) is 5.41 Å². The van der Waals surface area contributed by atoms with Crippen molar-refractivity contribution in [2.45, 2.75) is 6.54 Å². The SMILES string of the molecule is N=C(N)c1nn(Cc2ccc(F)cc2)c2ncc(F)cc12. The van der Waals surface area contributed by atoms with Gasteiger partial charge < -0.3 is 5.73 Å². The molecule has 0 atom stereocenters. The van der Waals surface area contributed by atoms with Crippen LogP contribution in [0.15, 0.2) is 36.5 Å². The summed E-state index contributed by atoms with van der Waals surface area (Å²) in [7, 11) is 0. The third-order valence-electron chi connectivity index (χ3n) is 3.05. The molecule has 0 fully saturated rings. The molecular formula is C14H11F2N5. The minimum Gasteiger partial charge on any atom is -0.382 e. The molecule has 5 nitrogen and oxygen atoms in total. The minimum atomic E-state index is -0.522. The third kappa shape index (κ3) is 2.45. The van der Waals surface area contributed by atoms with Crippen LogP contribution in [0.1, 0.15) is 11.3 Å². The Balaban J connectivity index is 2.10. The molecule has 21 heavy (non-hydrogen) atoms. The standard InChI is InChI=1S/C14H11F2N5/c15-9-3-1-8(2-4-9)7-21-14-11(5-10(16)6-19-14)12(20-21)13(17)18/h1-6H,7H2,(H3,17,18). The predicted molar refractivity (Wildman–Crippen MR) is 74.0 cm³/mol. The van der Waals surface area contributed by atoms with Crippen LogP contribution in [0.5, 0.6) is 0 Å². The number of nitrogens with zero attached hydrogens (tertiary/aromatic N) is 3. The van der Waals surface area contributed by atoms with Gasteiger partial charge in [0.15, 0.2) is 5.65 Å².